The van der Waals surface area contributed by atoms with Gasteiger partial charge in [-0.3, -0.25) is 14.9 Å². The van der Waals surface area contributed by atoms with Crippen LogP contribution in [0.25, 0.3) is 29.0 Å². The Labute approximate surface area is 152 Å². The van der Waals surface area contributed by atoms with Crippen molar-refractivity contribution in [2.24, 2.45) is 0 Å². The second-order valence-electron chi connectivity index (χ2n) is 5.93. The second kappa shape index (κ2) is 6.38. The first-order valence-corrected chi connectivity index (χ1v) is 8.04. The summed E-state index contributed by atoms with van der Waals surface area (Å²) in [5.74, 6) is -0.237. The minimum Gasteiger partial charge on any atom is -0.338 e. The highest BCUT2D eigenvalue weighted by molar-refractivity contribution is 6.33. The van der Waals surface area contributed by atoms with Gasteiger partial charge in [0.15, 0.2) is 5.78 Å². The summed E-state index contributed by atoms with van der Waals surface area (Å²) >= 11 is 0. The first-order valence-electron chi connectivity index (χ1n) is 8.04. The van der Waals surface area contributed by atoms with E-state index >= 15 is 0 Å². The fraction of sp³-hybridized carbons (Fsp3) is 0. The van der Waals surface area contributed by atoms with Gasteiger partial charge in [0.05, 0.1) is 16.2 Å². The molecule has 2 aromatic carbocycles. The Morgan fingerprint density at radius 3 is 2.67 bits per heavy atom. The van der Waals surface area contributed by atoms with E-state index in [0.29, 0.717) is 16.7 Å². The van der Waals surface area contributed by atoms with Crippen LogP contribution in [0, 0.1) is 10.1 Å². The number of hydrogen-bond donors (Lipinski definition) is 1. The molecule has 1 aliphatic rings. The van der Waals surface area contributed by atoms with Crippen LogP contribution >= 0.6 is 0 Å². The van der Waals surface area contributed by atoms with Crippen molar-refractivity contribution in [2.75, 3.05) is 0 Å². The van der Waals surface area contributed by atoms with E-state index in [0.717, 1.165) is 5.56 Å². The molecule has 0 saturated carbocycles. The smallest absolute Gasteiger partial charge is 0.338 e. The number of allylic oxidation sites excluding steroid dienone is 2. The lowest BCUT2D eigenvalue weighted by molar-refractivity contribution is -0.384. The van der Waals surface area contributed by atoms with E-state index in [1.54, 1.807) is 24.3 Å². The van der Waals surface area contributed by atoms with Crippen molar-refractivity contribution >= 4 is 29.2 Å². The Morgan fingerprint density at radius 1 is 1.04 bits per heavy atom. The van der Waals surface area contributed by atoms with Gasteiger partial charge in [-0.15, -0.1) is 0 Å². The van der Waals surface area contributed by atoms with E-state index in [4.69, 9.17) is 4.52 Å². The number of nitro benzene ring substituents is 1. The van der Waals surface area contributed by atoms with Crippen molar-refractivity contribution in [3.8, 4) is 11.3 Å². The van der Waals surface area contributed by atoms with E-state index in [9.17, 15) is 19.7 Å². The summed E-state index contributed by atoms with van der Waals surface area (Å²) in [6.07, 6.45) is 4.62. The number of carbonyl (C=O) groups excluding carboxylic acids is 1. The average molecular weight is 360 g/mol. The number of benzene rings is 2. The van der Waals surface area contributed by atoms with E-state index in [1.807, 2.05) is 12.1 Å². The quantitative estimate of drug-likeness (QED) is 0.436. The molecule has 1 aliphatic carbocycles. The number of aromatic amines is 1. The van der Waals surface area contributed by atoms with Gasteiger partial charge >= 0.3 is 5.63 Å². The number of ketones is 1. The van der Waals surface area contributed by atoms with Crippen LogP contribution in [-0.4, -0.2) is 15.9 Å². The molecule has 0 unspecified atom stereocenters. The van der Waals surface area contributed by atoms with Crippen molar-refractivity contribution in [1.82, 2.24) is 5.16 Å². The van der Waals surface area contributed by atoms with Crippen LogP contribution in [0.5, 0.6) is 0 Å². The molecular formula is C20H12N2O5. The molecule has 1 aromatic heterocycles. The molecule has 0 spiro atoms. The number of aromatic nitrogens is 1. The minimum absolute atomic E-state index is 0.116. The number of nitro groups is 1. The third-order valence-corrected chi connectivity index (χ3v) is 4.30. The molecule has 0 amide bonds. The summed E-state index contributed by atoms with van der Waals surface area (Å²) in [4.78, 5) is 35.1. The van der Waals surface area contributed by atoms with Gasteiger partial charge < -0.3 is 4.52 Å². The number of carbonyl (C=O) groups is 1. The normalized spacial score (nSPS) is 14.4. The zero-order valence-electron chi connectivity index (χ0n) is 13.8. The summed E-state index contributed by atoms with van der Waals surface area (Å²) in [7, 11) is 0. The van der Waals surface area contributed by atoms with E-state index < -0.39 is 10.5 Å². The number of rotatable bonds is 3. The van der Waals surface area contributed by atoms with Crippen LogP contribution in [0.2, 0.25) is 0 Å². The number of hydrogen-bond acceptors (Lipinski definition) is 5. The SMILES string of the molecule is O=C1C=Cc2ccccc2C1=Cc1c(-c2cccc([N+](=O)[O-])c2)[nH]oc1=O. The monoisotopic (exact) mass is 360 g/mol. The molecule has 1 heterocycles. The molecule has 0 fully saturated rings. The first kappa shape index (κ1) is 16.5. The molecule has 3 aromatic rings. The van der Waals surface area contributed by atoms with Crippen LogP contribution in [0.3, 0.4) is 0 Å². The highest BCUT2D eigenvalue weighted by Gasteiger charge is 2.21. The lowest BCUT2D eigenvalue weighted by Gasteiger charge is -2.12. The van der Waals surface area contributed by atoms with E-state index in [2.05, 4.69) is 5.16 Å². The first-order chi connectivity index (χ1) is 13.0. The molecular weight excluding hydrogens is 348 g/mol. The van der Waals surface area contributed by atoms with E-state index in [1.165, 1.54) is 30.4 Å². The van der Waals surface area contributed by atoms with Crippen molar-refractivity contribution in [2.45, 2.75) is 0 Å². The molecule has 7 nitrogen and oxygen atoms in total. The number of non-ortho nitro benzene ring substituents is 1. The molecule has 1 N–H and O–H groups in total. The third kappa shape index (κ3) is 2.91. The van der Waals surface area contributed by atoms with Crippen molar-refractivity contribution in [3.05, 3.63) is 91.8 Å². The Hall–Kier alpha value is -4.00. The predicted octanol–water partition coefficient (Wildman–Crippen LogP) is 3.68. The van der Waals surface area contributed by atoms with Gasteiger partial charge in [0.1, 0.15) is 0 Å². The van der Waals surface area contributed by atoms with Gasteiger partial charge in [-0.1, -0.05) is 42.5 Å². The maximum Gasteiger partial charge on any atom is 0.365 e. The molecule has 0 saturated heterocycles. The summed E-state index contributed by atoms with van der Waals surface area (Å²) in [5.41, 5.74) is 1.95. The zero-order valence-corrected chi connectivity index (χ0v) is 13.8. The summed E-state index contributed by atoms with van der Waals surface area (Å²) in [6, 6.07) is 13.1. The maximum atomic E-state index is 12.4. The van der Waals surface area contributed by atoms with Crippen LogP contribution < -0.4 is 5.63 Å². The highest BCUT2D eigenvalue weighted by Crippen LogP contribution is 2.31. The van der Waals surface area contributed by atoms with Gasteiger partial charge in [0.2, 0.25) is 0 Å². The Kier molecular flexibility index (Phi) is 3.89. The standard InChI is InChI=1S/C20H12N2O5/c23-18-9-8-12-4-1-2-7-15(12)16(18)11-17-19(21-27-20(17)24)13-5-3-6-14(10-13)22(25)26/h1-11,21H. The fourth-order valence-corrected chi connectivity index (χ4v) is 3.00. The lowest BCUT2D eigenvalue weighted by Crippen LogP contribution is -2.06. The fourth-order valence-electron chi connectivity index (χ4n) is 3.00. The Bertz CT molecular complexity index is 1200. The van der Waals surface area contributed by atoms with Crippen LogP contribution in [0.4, 0.5) is 5.69 Å². The van der Waals surface area contributed by atoms with Gasteiger partial charge in [-0.05, 0) is 23.3 Å². The van der Waals surface area contributed by atoms with Crippen LogP contribution in [0.1, 0.15) is 16.7 Å². The van der Waals surface area contributed by atoms with Crippen molar-refractivity contribution in [1.29, 1.82) is 0 Å². The number of H-pyrrole nitrogens is 1. The predicted molar refractivity (Wildman–Crippen MR) is 99.8 cm³/mol. The largest absolute Gasteiger partial charge is 0.365 e. The van der Waals surface area contributed by atoms with Crippen molar-refractivity contribution < 1.29 is 14.2 Å². The van der Waals surface area contributed by atoms with Crippen molar-refractivity contribution in [3.63, 3.8) is 0 Å². The number of fused-ring (bicyclic) bond motifs is 1. The minimum atomic E-state index is -0.663. The Balaban J connectivity index is 1.89. The van der Waals surface area contributed by atoms with Crippen LogP contribution in [0.15, 0.2) is 63.9 Å². The van der Waals surface area contributed by atoms with Gasteiger partial charge in [0, 0.05) is 23.3 Å². The molecule has 0 aliphatic heterocycles. The van der Waals surface area contributed by atoms with Gasteiger partial charge in [0.25, 0.3) is 5.69 Å². The second-order valence-corrected chi connectivity index (χ2v) is 5.93. The lowest BCUT2D eigenvalue weighted by atomic mass is 9.90. The topological polar surface area (TPSA) is 106 Å². The molecule has 7 heteroatoms. The summed E-state index contributed by atoms with van der Waals surface area (Å²) in [6.45, 7) is 0. The van der Waals surface area contributed by atoms with E-state index in [-0.39, 0.29) is 22.7 Å². The molecule has 27 heavy (non-hydrogen) atoms. The zero-order chi connectivity index (χ0) is 19.0. The maximum absolute atomic E-state index is 12.4. The van der Waals surface area contributed by atoms with Gasteiger partial charge in [-0.2, -0.15) is 0 Å². The number of nitrogens with zero attached hydrogens (tertiary/aromatic N) is 1. The summed E-state index contributed by atoms with van der Waals surface area (Å²) in [5, 5.41) is 13.5. The third-order valence-electron chi connectivity index (χ3n) is 4.30. The number of nitrogens with one attached hydrogen (secondary N) is 1. The molecule has 132 valence electrons. The molecule has 0 bridgehead atoms. The Morgan fingerprint density at radius 2 is 1.85 bits per heavy atom. The molecule has 0 atom stereocenters. The average Bonchev–Trinajstić information content (AvgIpc) is 3.04. The van der Waals surface area contributed by atoms with Gasteiger partial charge in [-0.25, -0.2) is 9.95 Å². The summed E-state index contributed by atoms with van der Waals surface area (Å²) < 4.78 is 4.89. The highest BCUT2D eigenvalue weighted by atomic mass is 16.6. The molecule has 4 rings (SSSR count). The van der Waals surface area contributed by atoms with Crippen LogP contribution in [-0.2, 0) is 4.79 Å². The molecule has 0 radical (unpaired) electrons.